The Kier molecular flexibility index (Phi) is 8.51. The molecule has 0 aliphatic carbocycles. The molecule has 0 aromatic heterocycles. The van der Waals surface area contributed by atoms with E-state index in [4.69, 9.17) is 4.74 Å². The Morgan fingerprint density at radius 1 is 1.38 bits per heavy atom. The van der Waals surface area contributed by atoms with Gasteiger partial charge in [0.15, 0.2) is 19.6 Å². The summed E-state index contributed by atoms with van der Waals surface area (Å²) in [6, 6.07) is 0.547. The second kappa shape index (κ2) is 7.95. The van der Waals surface area contributed by atoms with Crippen LogP contribution in [0, 0.1) is 0 Å². The number of ether oxygens (including phenoxy) is 1. The zero-order valence-corrected chi connectivity index (χ0v) is 10.6. The zero-order chi connectivity index (χ0) is 11.9. The van der Waals surface area contributed by atoms with Gasteiger partial charge in [0.05, 0.1) is 6.61 Å². The Bertz CT molecular complexity index is 266. The van der Waals surface area contributed by atoms with Crippen LogP contribution in [0.2, 0.25) is 12.6 Å². The zero-order valence-electron chi connectivity index (χ0n) is 9.62. The van der Waals surface area contributed by atoms with E-state index < -0.39 is 8.07 Å². The fourth-order valence-electron chi connectivity index (χ4n) is 0.896. The highest BCUT2D eigenvalue weighted by atomic mass is 28.3. The fraction of sp³-hybridized carbons (Fsp3) is 0.500. The van der Waals surface area contributed by atoms with E-state index in [2.05, 4.69) is 6.58 Å². The van der Waals surface area contributed by atoms with Gasteiger partial charge >= 0.3 is 0 Å². The predicted molar refractivity (Wildman–Crippen MR) is 63.9 cm³/mol. The van der Waals surface area contributed by atoms with Crippen molar-refractivity contribution < 1.29 is 24.6 Å². The molecule has 0 aromatic rings. The van der Waals surface area contributed by atoms with Gasteiger partial charge in [0.2, 0.25) is 0 Å². The van der Waals surface area contributed by atoms with Crippen LogP contribution in [0.15, 0.2) is 12.3 Å². The van der Waals surface area contributed by atoms with Crippen LogP contribution in [-0.2, 0) is 19.1 Å². The Morgan fingerprint density at radius 3 is 2.25 bits per heavy atom. The fourth-order valence-corrected chi connectivity index (χ4v) is 2.09. The van der Waals surface area contributed by atoms with Crippen LogP contribution in [0.3, 0.4) is 0 Å². The molecule has 0 aromatic carbocycles. The van der Waals surface area contributed by atoms with Crippen LogP contribution in [0.5, 0.6) is 0 Å². The Balaban J connectivity index is 0. The second-order valence-electron chi connectivity index (χ2n) is 3.67. The van der Waals surface area contributed by atoms with Crippen molar-refractivity contribution in [3.8, 4) is 0 Å². The van der Waals surface area contributed by atoms with Crippen molar-refractivity contribution in [2.24, 2.45) is 0 Å². The van der Waals surface area contributed by atoms with Crippen molar-refractivity contribution in [2.45, 2.75) is 25.9 Å². The summed E-state index contributed by atoms with van der Waals surface area (Å²) in [7, 11) is -2.35. The predicted octanol–water partition coefficient (Wildman–Crippen LogP) is 0.293. The molecule has 16 heavy (non-hydrogen) atoms. The van der Waals surface area contributed by atoms with Gasteiger partial charge in [-0.3, -0.25) is 4.79 Å². The van der Waals surface area contributed by atoms with Crippen LogP contribution < -0.4 is 0 Å². The first kappa shape index (κ1) is 17.1. The molecule has 2 N–H and O–H groups in total. The lowest BCUT2D eigenvalue weighted by molar-refractivity contribution is -0.116. The van der Waals surface area contributed by atoms with Gasteiger partial charge in [0, 0.05) is 6.92 Å². The third-order valence-corrected chi connectivity index (χ3v) is 4.58. The number of allylic oxidation sites excluding steroid dienone is 1. The smallest absolute Gasteiger partial charge is 0.197 e. The van der Waals surface area contributed by atoms with Gasteiger partial charge < -0.3 is 19.8 Å². The Morgan fingerprint density at radius 2 is 1.88 bits per heavy atom. The van der Waals surface area contributed by atoms with Crippen molar-refractivity contribution in [1.29, 1.82) is 0 Å². The van der Waals surface area contributed by atoms with Crippen LogP contribution in [0.25, 0.3) is 0 Å². The molecule has 0 amide bonds. The molecular weight excluding hydrogens is 228 g/mol. The summed E-state index contributed by atoms with van der Waals surface area (Å²) >= 11 is 0. The van der Waals surface area contributed by atoms with E-state index in [9.17, 15) is 14.4 Å². The minimum absolute atomic E-state index is 0. The van der Waals surface area contributed by atoms with Gasteiger partial charge in [-0.15, -0.1) is 0 Å². The molecule has 0 heterocycles. The van der Waals surface area contributed by atoms with E-state index in [1.165, 1.54) is 6.92 Å². The maximum Gasteiger partial charge on any atom is 0.197 e. The molecule has 0 radical (unpaired) electrons. The van der Waals surface area contributed by atoms with Crippen LogP contribution in [0.4, 0.5) is 0 Å². The van der Waals surface area contributed by atoms with E-state index in [0.717, 1.165) is 11.8 Å². The molecule has 0 bridgehead atoms. The minimum Gasteiger partial charge on any atom is -0.491 e. The molecule has 0 rings (SSSR count). The number of hydrogen-bond acceptors (Lipinski definition) is 4. The van der Waals surface area contributed by atoms with Crippen molar-refractivity contribution in [3.05, 3.63) is 12.3 Å². The Hall–Kier alpha value is -1.27. The summed E-state index contributed by atoms with van der Waals surface area (Å²) < 4.78 is 5.03. The van der Waals surface area contributed by atoms with Crippen molar-refractivity contribution in [3.63, 3.8) is 0 Å². The number of Topliss-reactive ketones (excluding diaryl/α,β-unsaturated/α-hetero) is 1. The molecular formula is C10H18O5Si. The van der Waals surface area contributed by atoms with Gasteiger partial charge in [-0.25, -0.2) is 0 Å². The maximum atomic E-state index is 10.7. The lowest BCUT2D eigenvalue weighted by Crippen LogP contribution is -2.35. The van der Waals surface area contributed by atoms with Gasteiger partial charge in [-0.1, -0.05) is 13.1 Å². The first-order valence-corrected chi connectivity index (χ1v) is 7.56. The third-order valence-electron chi connectivity index (χ3n) is 2.07. The van der Waals surface area contributed by atoms with Crippen molar-refractivity contribution in [1.82, 2.24) is 0 Å². The molecule has 0 atom stereocenters. The summed E-state index contributed by atoms with van der Waals surface area (Å²) in [6.45, 7) is 6.83. The molecule has 5 nitrogen and oxygen atoms in total. The molecule has 0 saturated carbocycles. The number of carbonyl (C=O) groups is 3. The summed E-state index contributed by atoms with van der Waals surface area (Å²) in [6.07, 6.45) is 0.590. The number of rotatable bonds is 8. The molecule has 0 spiro atoms. The van der Waals surface area contributed by atoms with Crippen LogP contribution in [0.1, 0.15) is 13.3 Å². The first-order valence-electron chi connectivity index (χ1n) is 4.70. The number of carbonyl (C=O) groups excluding carboxylic acids is 3. The van der Waals surface area contributed by atoms with E-state index in [0.29, 0.717) is 19.1 Å². The summed E-state index contributed by atoms with van der Waals surface area (Å²) in [5.41, 5.74) is 0. The highest BCUT2D eigenvalue weighted by Crippen LogP contribution is 2.08. The van der Waals surface area contributed by atoms with E-state index in [-0.39, 0.29) is 17.0 Å². The molecule has 6 heteroatoms. The lowest BCUT2D eigenvalue weighted by Gasteiger charge is -2.12. The molecule has 0 saturated heterocycles. The summed E-state index contributed by atoms with van der Waals surface area (Å²) in [5, 5.41) is 0. The highest BCUT2D eigenvalue weighted by Gasteiger charge is 2.25. The molecule has 92 valence electrons. The van der Waals surface area contributed by atoms with Crippen molar-refractivity contribution >= 4 is 25.7 Å². The van der Waals surface area contributed by atoms with Gasteiger partial charge in [0.1, 0.15) is 11.8 Å². The Labute approximate surface area is 95.8 Å². The maximum absolute atomic E-state index is 10.7. The monoisotopic (exact) mass is 246 g/mol. The quantitative estimate of drug-likeness (QED) is 0.202. The van der Waals surface area contributed by atoms with E-state index in [1.54, 1.807) is 6.55 Å². The van der Waals surface area contributed by atoms with Gasteiger partial charge in [0.25, 0.3) is 0 Å². The van der Waals surface area contributed by atoms with E-state index in [1.807, 2.05) is 0 Å². The average Bonchev–Trinajstić information content (AvgIpc) is 2.23. The normalized spacial score (nSPS) is 9.88. The van der Waals surface area contributed by atoms with Crippen LogP contribution in [-0.4, -0.2) is 37.8 Å². The standard InChI is InChI=1S/C10H16O4Si.H2O/c1-9(13)10(2)14-5-4-6-15(3,7-11)8-12;/h7-8H,2,4-6H2,1,3H3;1H2. The molecule has 0 fully saturated rings. The second-order valence-corrected chi connectivity index (χ2v) is 7.66. The minimum atomic E-state index is -2.35. The number of ketones is 1. The largest absolute Gasteiger partial charge is 0.491 e. The molecule has 0 aliphatic heterocycles. The average molecular weight is 246 g/mol. The molecule has 0 aliphatic rings. The topological polar surface area (TPSA) is 91.9 Å². The van der Waals surface area contributed by atoms with E-state index >= 15 is 0 Å². The number of hydrogen-bond donors (Lipinski definition) is 0. The van der Waals surface area contributed by atoms with Crippen LogP contribution >= 0.6 is 0 Å². The van der Waals surface area contributed by atoms with Gasteiger partial charge in [-0.2, -0.15) is 0 Å². The van der Waals surface area contributed by atoms with Gasteiger partial charge in [-0.05, 0) is 12.5 Å². The SMILES string of the molecule is C=C(OCCC[Si](C)(C=O)C=O)C(C)=O.O. The summed E-state index contributed by atoms with van der Waals surface area (Å²) in [4.78, 5) is 31.9. The highest BCUT2D eigenvalue weighted by molar-refractivity contribution is 7.17. The third kappa shape index (κ3) is 6.26. The summed E-state index contributed by atoms with van der Waals surface area (Å²) in [5.74, 6) is 1.44. The van der Waals surface area contributed by atoms with Crippen molar-refractivity contribution in [2.75, 3.05) is 6.61 Å². The lowest BCUT2D eigenvalue weighted by atomic mass is 10.4. The first-order chi connectivity index (χ1) is 6.95. The molecule has 0 unspecified atom stereocenters.